The standard InChI is InChI=1S/C19H30N2/c1-15-5-7-16(8-6-15)13-20-14-17-9-10-19-18(12-17)4-3-11-21(19)2/h9-10,12,15-16,20H,3-8,11,13-14H2,1-2H3. The molecule has 0 atom stereocenters. The van der Waals surface area contributed by atoms with Crippen molar-refractivity contribution in [2.75, 3.05) is 25.0 Å². The molecule has 1 fully saturated rings. The van der Waals surface area contributed by atoms with Crippen LogP contribution in [0.4, 0.5) is 5.69 Å². The fraction of sp³-hybridized carbons (Fsp3) is 0.684. The van der Waals surface area contributed by atoms with E-state index in [1.165, 1.54) is 68.4 Å². The molecule has 0 saturated heterocycles. The molecule has 1 saturated carbocycles. The van der Waals surface area contributed by atoms with Crippen molar-refractivity contribution in [3.05, 3.63) is 29.3 Å². The Morgan fingerprint density at radius 1 is 1.19 bits per heavy atom. The van der Waals surface area contributed by atoms with Crippen LogP contribution in [0.5, 0.6) is 0 Å². The Kier molecular flexibility index (Phi) is 4.84. The Morgan fingerprint density at radius 2 is 2.00 bits per heavy atom. The largest absolute Gasteiger partial charge is 0.374 e. The highest BCUT2D eigenvalue weighted by Crippen LogP contribution is 2.28. The zero-order chi connectivity index (χ0) is 14.7. The summed E-state index contributed by atoms with van der Waals surface area (Å²) in [5.74, 6) is 1.86. The Bertz CT molecular complexity index is 461. The minimum atomic E-state index is 0.907. The minimum absolute atomic E-state index is 0.907. The second-order valence-corrected chi connectivity index (χ2v) is 7.24. The van der Waals surface area contributed by atoms with Crippen LogP contribution in [-0.2, 0) is 13.0 Å². The number of hydrogen-bond donors (Lipinski definition) is 1. The summed E-state index contributed by atoms with van der Waals surface area (Å²) >= 11 is 0. The zero-order valence-corrected chi connectivity index (χ0v) is 13.7. The molecule has 0 spiro atoms. The van der Waals surface area contributed by atoms with Gasteiger partial charge in [-0.3, -0.25) is 0 Å². The van der Waals surface area contributed by atoms with Crippen LogP contribution in [0.3, 0.4) is 0 Å². The van der Waals surface area contributed by atoms with Gasteiger partial charge in [0.2, 0.25) is 0 Å². The lowest BCUT2D eigenvalue weighted by Crippen LogP contribution is -2.26. The van der Waals surface area contributed by atoms with E-state index in [4.69, 9.17) is 0 Å². The van der Waals surface area contributed by atoms with Gasteiger partial charge in [-0.1, -0.05) is 31.9 Å². The van der Waals surface area contributed by atoms with Crippen molar-refractivity contribution < 1.29 is 0 Å². The number of nitrogens with zero attached hydrogens (tertiary/aromatic N) is 1. The molecule has 21 heavy (non-hydrogen) atoms. The Hall–Kier alpha value is -1.02. The Morgan fingerprint density at radius 3 is 2.81 bits per heavy atom. The molecule has 0 bridgehead atoms. The second-order valence-electron chi connectivity index (χ2n) is 7.24. The maximum absolute atomic E-state index is 3.69. The summed E-state index contributed by atoms with van der Waals surface area (Å²) in [6.07, 6.45) is 8.23. The maximum atomic E-state index is 3.69. The molecule has 1 aliphatic carbocycles. The van der Waals surface area contributed by atoms with Crippen LogP contribution in [-0.4, -0.2) is 20.1 Å². The van der Waals surface area contributed by atoms with Gasteiger partial charge >= 0.3 is 0 Å². The molecule has 2 heteroatoms. The number of nitrogens with one attached hydrogen (secondary N) is 1. The van der Waals surface area contributed by atoms with Crippen LogP contribution in [0.25, 0.3) is 0 Å². The molecule has 1 aromatic rings. The smallest absolute Gasteiger partial charge is 0.0396 e. The van der Waals surface area contributed by atoms with Gasteiger partial charge in [-0.25, -0.2) is 0 Å². The average molecular weight is 286 g/mol. The number of anilines is 1. The summed E-state index contributed by atoms with van der Waals surface area (Å²) in [5, 5.41) is 3.69. The fourth-order valence-corrected chi connectivity index (χ4v) is 3.90. The van der Waals surface area contributed by atoms with Crippen molar-refractivity contribution in [2.24, 2.45) is 11.8 Å². The van der Waals surface area contributed by atoms with Crippen LogP contribution < -0.4 is 10.2 Å². The highest BCUT2D eigenvalue weighted by molar-refractivity contribution is 5.56. The molecule has 2 aliphatic rings. The SMILES string of the molecule is CC1CCC(CNCc2ccc3c(c2)CCCN3C)CC1. The average Bonchev–Trinajstić information content (AvgIpc) is 2.49. The van der Waals surface area contributed by atoms with E-state index in [0.717, 1.165) is 18.4 Å². The highest BCUT2D eigenvalue weighted by atomic mass is 15.1. The van der Waals surface area contributed by atoms with E-state index < -0.39 is 0 Å². The topological polar surface area (TPSA) is 15.3 Å². The van der Waals surface area contributed by atoms with Gasteiger partial charge in [0.1, 0.15) is 0 Å². The third-order valence-corrected chi connectivity index (χ3v) is 5.39. The molecule has 3 rings (SSSR count). The lowest BCUT2D eigenvalue weighted by molar-refractivity contribution is 0.281. The van der Waals surface area contributed by atoms with E-state index in [0.29, 0.717) is 0 Å². The molecule has 1 aliphatic heterocycles. The third kappa shape index (κ3) is 3.79. The van der Waals surface area contributed by atoms with E-state index in [9.17, 15) is 0 Å². The molecule has 0 unspecified atom stereocenters. The molecule has 1 aromatic carbocycles. The monoisotopic (exact) mass is 286 g/mol. The normalized spacial score (nSPS) is 25.7. The molecular formula is C19H30N2. The van der Waals surface area contributed by atoms with Crippen LogP contribution >= 0.6 is 0 Å². The molecule has 1 N–H and O–H groups in total. The predicted octanol–water partition coefficient (Wildman–Crippen LogP) is 3.98. The molecular weight excluding hydrogens is 256 g/mol. The first-order valence-corrected chi connectivity index (χ1v) is 8.76. The lowest BCUT2D eigenvalue weighted by Gasteiger charge is -2.28. The predicted molar refractivity (Wildman–Crippen MR) is 90.9 cm³/mol. The molecule has 1 heterocycles. The Labute approximate surface area is 129 Å². The van der Waals surface area contributed by atoms with Crippen LogP contribution in [0.2, 0.25) is 0 Å². The molecule has 0 radical (unpaired) electrons. The minimum Gasteiger partial charge on any atom is -0.374 e. The van der Waals surface area contributed by atoms with Crippen molar-refractivity contribution in [1.82, 2.24) is 5.32 Å². The van der Waals surface area contributed by atoms with Gasteiger partial charge in [0.25, 0.3) is 0 Å². The van der Waals surface area contributed by atoms with E-state index in [1.54, 1.807) is 0 Å². The van der Waals surface area contributed by atoms with E-state index in [2.05, 4.69) is 42.4 Å². The lowest BCUT2D eigenvalue weighted by atomic mass is 9.83. The van der Waals surface area contributed by atoms with Crippen molar-refractivity contribution >= 4 is 5.69 Å². The first-order chi connectivity index (χ1) is 10.2. The van der Waals surface area contributed by atoms with Crippen LogP contribution in [0, 0.1) is 11.8 Å². The van der Waals surface area contributed by atoms with Gasteiger partial charge in [0, 0.05) is 25.8 Å². The van der Waals surface area contributed by atoms with Crippen molar-refractivity contribution in [1.29, 1.82) is 0 Å². The summed E-state index contributed by atoms with van der Waals surface area (Å²) in [4.78, 5) is 2.39. The quantitative estimate of drug-likeness (QED) is 0.900. The third-order valence-electron chi connectivity index (χ3n) is 5.39. The van der Waals surface area contributed by atoms with Gasteiger partial charge in [0.05, 0.1) is 0 Å². The molecule has 0 aromatic heterocycles. The number of aryl methyl sites for hydroxylation is 1. The van der Waals surface area contributed by atoms with Gasteiger partial charge in [-0.15, -0.1) is 0 Å². The van der Waals surface area contributed by atoms with Gasteiger partial charge in [0.15, 0.2) is 0 Å². The number of benzene rings is 1. The number of fused-ring (bicyclic) bond motifs is 1. The van der Waals surface area contributed by atoms with E-state index in [-0.39, 0.29) is 0 Å². The number of rotatable bonds is 4. The van der Waals surface area contributed by atoms with Crippen LogP contribution in [0.15, 0.2) is 18.2 Å². The van der Waals surface area contributed by atoms with Gasteiger partial charge in [-0.2, -0.15) is 0 Å². The van der Waals surface area contributed by atoms with E-state index >= 15 is 0 Å². The zero-order valence-electron chi connectivity index (χ0n) is 13.7. The van der Waals surface area contributed by atoms with Gasteiger partial charge < -0.3 is 10.2 Å². The van der Waals surface area contributed by atoms with Crippen molar-refractivity contribution in [2.45, 2.75) is 52.0 Å². The number of hydrogen-bond acceptors (Lipinski definition) is 2. The van der Waals surface area contributed by atoms with Gasteiger partial charge in [-0.05, 0) is 61.3 Å². The fourth-order valence-electron chi connectivity index (χ4n) is 3.90. The summed E-state index contributed by atoms with van der Waals surface area (Å²) in [7, 11) is 2.21. The summed E-state index contributed by atoms with van der Waals surface area (Å²) in [5.41, 5.74) is 4.43. The molecule has 116 valence electrons. The summed E-state index contributed by atoms with van der Waals surface area (Å²) in [6, 6.07) is 7.03. The maximum Gasteiger partial charge on any atom is 0.0396 e. The first-order valence-electron chi connectivity index (χ1n) is 8.76. The van der Waals surface area contributed by atoms with Crippen molar-refractivity contribution in [3.8, 4) is 0 Å². The first kappa shape index (κ1) is 14.9. The highest BCUT2D eigenvalue weighted by Gasteiger charge is 2.18. The van der Waals surface area contributed by atoms with Crippen LogP contribution in [0.1, 0.15) is 50.2 Å². The Balaban J connectivity index is 1.49. The van der Waals surface area contributed by atoms with E-state index in [1.807, 2.05) is 0 Å². The summed E-state index contributed by atoms with van der Waals surface area (Å²) < 4.78 is 0. The molecule has 2 nitrogen and oxygen atoms in total. The van der Waals surface area contributed by atoms with Crippen molar-refractivity contribution in [3.63, 3.8) is 0 Å². The molecule has 0 amide bonds. The summed E-state index contributed by atoms with van der Waals surface area (Å²) in [6.45, 7) is 5.82. The second kappa shape index (κ2) is 6.83.